The molecule has 0 aliphatic carbocycles. The van der Waals surface area contributed by atoms with Crippen molar-refractivity contribution in [3.05, 3.63) is 35.4 Å². The minimum Gasteiger partial charge on any atom is -0.341 e. The smallest absolute Gasteiger partial charge is 0.262 e. The van der Waals surface area contributed by atoms with Crippen molar-refractivity contribution in [2.24, 2.45) is 5.92 Å². The molecular formula is C17H22ClN3O3. The van der Waals surface area contributed by atoms with E-state index < -0.39 is 0 Å². The number of carbonyl (C=O) groups is 3. The van der Waals surface area contributed by atoms with Crippen molar-refractivity contribution in [2.75, 3.05) is 33.2 Å². The first-order valence-corrected chi connectivity index (χ1v) is 7.99. The van der Waals surface area contributed by atoms with Gasteiger partial charge in [-0.1, -0.05) is 12.1 Å². The predicted molar refractivity (Wildman–Crippen MR) is 92.3 cm³/mol. The predicted octanol–water partition coefficient (Wildman–Crippen LogP) is 1.16. The van der Waals surface area contributed by atoms with Gasteiger partial charge in [-0.25, -0.2) is 0 Å². The van der Waals surface area contributed by atoms with E-state index in [0.717, 1.165) is 24.3 Å². The summed E-state index contributed by atoms with van der Waals surface area (Å²) in [6, 6.07) is 6.70. The second-order valence-electron chi connectivity index (χ2n) is 6.12. The zero-order valence-corrected chi connectivity index (χ0v) is 14.5. The third-order valence-electron chi connectivity index (χ3n) is 4.63. The molecule has 1 saturated heterocycles. The Balaban J connectivity index is 0.00000208. The molecule has 0 atom stereocenters. The van der Waals surface area contributed by atoms with Crippen molar-refractivity contribution in [1.82, 2.24) is 15.1 Å². The number of piperidine rings is 1. The lowest BCUT2D eigenvalue weighted by atomic mass is 9.97. The molecule has 1 N–H and O–H groups in total. The number of carbonyl (C=O) groups excluding carboxylic acids is 3. The van der Waals surface area contributed by atoms with E-state index in [1.807, 2.05) is 7.05 Å². The van der Waals surface area contributed by atoms with Gasteiger partial charge in [-0.2, -0.15) is 0 Å². The zero-order chi connectivity index (χ0) is 16.4. The Bertz CT molecular complexity index is 607. The van der Waals surface area contributed by atoms with Crippen molar-refractivity contribution in [2.45, 2.75) is 12.8 Å². The van der Waals surface area contributed by atoms with Crippen LogP contribution in [0.4, 0.5) is 0 Å². The molecule has 1 aromatic carbocycles. The normalized spacial score (nSPS) is 17.7. The molecule has 0 bridgehead atoms. The second kappa shape index (κ2) is 7.77. The van der Waals surface area contributed by atoms with Crippen LogP contribution in [0.3, 0.4) is 0 Å². The van der Waals surface area contributed by atoms with E-state index in [9.17, 15) is 14.4 Å². The maximum absolute atomic E-state index is 12.4. The van der Waals surface area contributed by atoms with Gasteiger partial charge < -0.3 is 10.2 Å². The van der Waals surface area contributed by atoms with Crippen molar-refractivity contribution in [3.63, 3.8) is 0 Å². The van der Waals surface area contributed by atoms with E-state index in [1.165, 1.54) is 0 Å². The van der Waals surface area contributed by atoms with E-state index in [0.29, 0.717) is 30.1 Å². The number of nitrogens with one attached hydrogen (secondary N) is 1. The Morgan fingerprint density at radius 1 is 1.12 bits per heavy atom. The number of halogens is 1. The number of nitrogens with zero attached hydrogens (tertiary/aromatic N) is 2. The summed E-state index contributed by atoms with van der Waals surface area (Å²) >= 11 is 0. The van der Waals surface area contributed by atoms with Gasteiger partial charge in [0.15, 0.2) is 0 Å². The molecule has 3 amide bonds. The van der Waals surface area contributed by atoms with Gasteiger partial charge >= 0.3 is 0 Å². The second-order valence-corrected chi connectivity index (χ2v) is 6.12. The molecule has 2 aliphatic rings. The lowest BCUT2D eigenvalue weighted by Gasteiger charge is -2.32. The molecule has 7 heteroatoms. The highest BCUT2D eigenvalue weighted by molar-refractivity contribution is 6.22. The van der Waals surface area contributed by atoms with Gasteiger partial charge in [0.05, 0.1) is 11.1 Å². The number of imide groups is 1. The zero-order valence-electron chi connectivity index (χ0n) is 13.7. The maximum atomic E-state index is 12.4. The summed E-state index contributed by atoms with van der Waals surface area (Å²) in [6.45, 7) is 2.17. The minimum absolute atomic E-state index is 0. The molecule has 1 fully saturated rings. The van der Waals surface area contributed by atoms with E-state index >= 15 is 0 Å². The molecule has 1 aromatic rings. The van der Waals surface area contributed by atoms with Crippen molar-refractivity contribution < 1.29 is 14.4 Å². The van der Waals surface area contributed by atoms with Gasteiger partial charge in [0.25, 0.3) is 11.8 Å². The van der Waals surface area contributed by atoms with Gasteiger partial charge in [-0.3, -0.25) is 19.3 Å². The molecule has 2 aliphatic heterocycles. The van der Waals surface area contributed by atoms with Gasteiger partial charge in [-0.15, -0.1) is 12.4 Å². The Hall–Kier alpha value is -1.92. The standard InChI is InChI=1S/C17H21N3O3.ClH/c1-18-10-12-6-8-19(9-7-12)15(21)11-20-16(22)13-4-2-3-5-14(13)17(20)23;/h2-5,12,18H,6-11H2,1H3;1H. The van der Waals surface area contributed by atoms with Crippen molar-refractivity contribution in [3.8, 4) is 0 Å². The highest BCUT2D eigenvalue weighted by atomic mass is 35.5. The SMILES string of the molecule is CNCC1CCN(C(=O)CN2C(=O)c3ccccc3C2=O)CC1.Cl. The Morgan fingerprint density at radius 3 is 2.17 bits per heavy atom. The monoisotopic (exact) mass is 351 g/mol. The van der Waals surface area contributed by atoms with Crippen LogP contribution in [-0.2, 0) is 4.79 Å². The van der Waals surface area contributed by atoms with Crippen LogP contribution in [0.5, 0.6) is 0 Å². The van der Waals surface area contributed by atoms with Crippen LogP contribution in [0, 0.1) is 5.92 Å². The van der Waals surface area contributed by atoms with Crippen LogP contribution in [0.2, 0.25) is 0 Å². The lowest BCUT2D eigenvalue weighted by Crippen LogP contribution is -2.46. The molecule has 0 radical (unpaired) electrons. The number of amides is 3. The summed E-state index contributed by atoms with van der Waals surface area (Å²) in [7, 11) is 1.93. The van der Waals surface area contributed by atoms with Crippen LogP contribution in [0.25, 0.3) is 0 Å². The lowest BCUT2D eigenvalue weighted by molar-refractivity contribution is -0.132. The molecule has 0 spiro atoms. The molecule has 3 rings (SSSR count). The molecule has 130 valence electrons. The number of hydrogen-bond acceptors (Lipinski definition) is 4. The van der Waals surface area contributed by atoms with Gasteiger partial charge in [0.1, 0.15) is 6.54 Å². The first-order chi connectivity index (χ1) is 11.1. The minimum atomic E-state index is -0.371. The van der Waals surface area contributed by atoms with Gasteiger partial charge in [-0.05, 0) is 44.5 Å². The molecule has 24 heavy (non-hydrogen) atoms. The number of rotatable bonds is 4. The first kappa shape index (κ1) is 18.4. The maximum Gasteiger partial charge on any atom is 0.262 e. The quantitative estimate of drug-likeness (QED) is 0.826. The third-order valence-corrected chi connectivity index (χ3v) is 4.63. The molecule has 0 aromatic heterocycles. The van der Waals surface area contributed by atoms with Crippen LogP contribution in [-0.4, -0.2) is 60.7 Å². The van der Waals surface area contributed by atoms with E-state index in [1.54, 1.807) is 29.2 Å². The highest BCUT2D eigenvalue weighted by Crippen LogP contribution is 2.23. The van der Waals surface area contributed by atoms with Crippen molar-refractivity contribution >= 4 is 30.1 Å². The number of fused-ring (bicyclic) bond motifs is 1. The summed E-state index contributed by atoms with van der Waals surface area (Å²) in [4.78, 5) is 39.8. The average Bonchev–Trinajstić information content (AvgIpc) is 2.81. The van der Waals surface area contributed by atoms with Gasteiger partial charge in [0, 0.05) is 13.1 Å². The average molecular weight is 352 g/mol. The van der Waals surface area contributed by atoms with E-state index in [-0.39, 0.29) is 36.7 Å². The van der Waals surface area contributed by atoms with Crippen molar-refractivity contribution in [1.29, 1.82) is 0 Å². The number of hydrogen-bond donors (Lipinski definition) is 1. The van der Waals surface area contributed by atoms with Crippen LogP contribution >= 0.6 is 12.4 Å². The molecule has 0 unspecified atom stereocenters. The summed E-state index contributed by atoms with van der Waals surface area (Å²) in [5.41, 5.74) is 0.774. The Labute approximate surface area is 147 Å². The fourth-order valence-electron chi connectivity index (χ4n) is 3.29. The van der Waals surface area contributed by atoms with Crippen LogP contribution in [0.15, 0.2) is 24.3 Å². The molecular weight excluding hydrogens is 330 g/mol. The molecule has 0 saturated carbocycles. The fraction of sp³-hybridized carbons (Fsp3) is 0.471. The Kier molecular flexibility index (Phi) is 5.96. The highest BCUT2D eigenvalue weighted by Gasteiger charge is 2.37. The van der Waals surface area contributed by atoms with Crippen LogP contribution < -0.4 is 5.32 Å². The third kappa shape index (κ3) is 3.44. The Morgan fingerprint density at radius 2 is 1.67 bits per heavy atom. The summed E-state index contributed by atoms with van der Waals surface area (Å²) in [6.07, 6.45) is 1.91. The van der Waals surface area contributed by atoms with E-state index in [4.69, 9.17) is 0 Å². The summed E-state index contributed by atoms with van der Waals surface area (Å²) < 4.78 is 0. The fourth-order valence-corrected chi connectivity index (χ4v) is 3.29. The summed E-state index contributed by atoms with van der Waals surface area (Å²) in [5.74, 6) is -0.307. The number of benzene rings is 1. The number of likely N-dealkylation sites (tertiary alicyclic amines) is 1. The molecule has 6 nitrogen and oxygen atoms in total. The first-order valence-electron chi connectivity index (χ1n) is 7.99. The largest absolute Gasteiger partial charge is 0.341 e. The van der Waals surface area contributed by atoms with Gasteiger partial charge in [0.2, 0.25) is 5.91 Å². The van der Waals surface area contributed by atoms with E-state index in [2.05, 4.69) is 5.32 Å². The summed E-state index contributed by atoms with van der Waals surface area (Å²) in [5, 5.41) is 3.16. The topological polar surface area (TPSA) is 69.7 Å². The van der Waals surface area contributed by atoms with Crippen LogP contribution in [0.1, 0.15) is 33.6 Å². The molecule has 2 heterocycles.